The molecular weight excluding hydrogens is 197 g/mol. The second-order valence-electron chi connectivity index (χ2n) is 2.59. The van der Waals surface area contributed by atoms with Crippen LogP contribution in [0.5, 0.6) is 0 Å². The Labute approximate surface area is 75.6 Å². The number of nitrogens with two attached hydrogens (primary N) is 1. The molecule has 0 saturated heterocycles. The van der Waals surface area contributed by atoms with Crippen molar-refractivity contribution in [3.8, 4) is 0 Å². The summed E-state index contributed by atoms with van der Waals surface area (Å²) in [7, 11) is -3.26. The molecule has 0 fully saturated rings. The van der Waals surface area contributed by atoms with E-state index in [0.717, 1.165) is 0 Å². The summed E-state index contributed by atoms with van der Waals surface area (Å²) in [5.74, 6) is 0. The molecule has 0 spiro atoms. The highest BCUT2D eigenvalue weighted by molar-refractivity contribution is 7.65. The van der Waals surface area contributed by atoms with Gasteiger partial charge in [-0.1, -0.05) is 11.6 Å². The Balaban J connectivity index is 3.28. The van der Waals surface area contributed by atoms with Crippen LogP contribution >= 0.6 is 19.0 Å². The Morgan fingerprint density at radius 1 is 1.58 bits per heavy atom. The highest BCUT2D eigenvalue weighted by Crippen LogP contribution is 2.37. The second-order valence-corrected chi connectivity index (χ2v) is 5.24. The largest absolute Gasteiger partial charge is 0.399 e. The minimum Gasteiger partial charge on any atom is -0.399 e. The molecule has 0 aliphatic heterocycles. The molecule has 0 saturated carbocycles. The van der Waals surface area contributed by atoms with Gasteiger partial charge in [-0.25, -0.2) is 0 Å². The number of benzene rings is 1. The summed E-state index contributed by atoms with van der Waals surface area (Å²) in [6.07, 6.45) is 0. The van der Waals surface area contributed by atoms with E-state index in [4.69, 9.17) is 17.3 Å². The lowest BCUT2D eigenvalue weighted by atomic mass is 10.3. The highest BCUT2D eigenvalue weighted by atomic mass is 35.5. The third-order valence-corrected chi connectivity index (χ3v) is 3.15. The first-order chi connectivity index (χ1) is 5.41. The van der Waals surface area contributed by atoms with Gasteiger partial charge in [0.2, 0.25) is 7.37 Å². The molecule has 0 radical (unpaired) electrons. The van der Waals surface area contributed by atoms with Crippen molar-refractivity contribution in [1.82, 2.24) is 0 Å². The number of halogens is 1. The van der Waals surface area contributed by atoms with E-state index in [-0.39, 0.29) is 10.3 Å². The molecule has 0 heterocycles. The van der Waals surface area contributed by atoms with E-state index in [0.29, 0.717) is 5.69 Å². The third kappa shape index (κ3) is 2.01. The second kappa shape index (κ2) is 3.09. The van der Waals surface area contributed by atoms with Crippen LogP contribution in [0.15, 0.2) is 18.2 Å². The van der Waals surface area contributed by atoms with E-state index < -0.39 is 7.37 Å². The number of hydrogen-bond acceptors (Lipinski definition) is 2. The average Bonchev–Trinajstić information content (AvgIpc) is 1.83. The smallest absolute Gasteiger partial charge is 0.228 e. The van der Waals surface area contributed by atoms with Gasteiger partial charge in [0.25, 0.3) is 0 Å². The van der Waals surface area contributed by atoms with Crippen molar-refractivity contribution in [2.24, 2.45) is 0 Å². The van der Waals surface area contributed by atoms with Crippen LogP contribution in [-0.4, -0.2) is 11.6 Å². The zero-order valence-corrected chi connectivity index (χ0v) is 8.14. The van der Waals surface area contributed by atoms with E-state index >= 15 is 0 Å². The fourth-order valence-corrected chi connectivity index (χ4v) is 2.33. The van der Waals surface area contributed by atoms with Crippen molar-refractivity contribution in [2.75, 3.05) is 12.4 Å². The standard InChI is InChI=1S/C7H9ClNO2P/c1-12(10,11)7-3-2-5(9)4-6(7)8/h2-4H,9H2,1H3,(H,10,11). The molecule has 1 rings (SSSR count). The fraction of sp³-hybridized carbons (Fsp3) is 0.143. The molecule has 66 valence electrons. The normalized spacial score (nSPS) is 15.6. The molecule has 12 heavy (non-hydrogen) atoms. The maximum Gasteiger partial charge on any atom is 0.228 e. The Morgan fingerprint density at radius 3 is 2.58 bits per heavy atom. The maximum absolute atomic E-state index is 11.2. The molecule has 3 N–H and O–H groups in total. The minimum atomic E-state index is -3.26. The van der Waals surface area contributed by atoms with Gasteiger partial charge in [-0.15, -0.1) is 0 Å². The lowest BCUT2D eigenvalue weighted by Gasteiger charge is -2.07. The van der Waals surface area contributed by atoms with Crippen LogP contribution in [0.1, 0.15) is 0 Å². The monoisotopic (exact) mass is 205 g/mol. The maximum atomic E-state index is 11.2. The molecular formula is C7H9ClNO2P. The molecule has 0 aliphatic carbocycles. The molecule has 5 heteroatoms. The van der Waals surface area contributed by atoms with Gasteiger partial charge in [0.05, 0.1) is 10.3 Å². The molecule has 1 aromatic rings. The predicted octanol–water partition coefficient (Wildman–Crippen LogP) is 1.45. The van der Waals surface area contributed by atoms with Crippen LogP contribution in [0.2, 0.25) is 5.02 Å². The molecule has 0 aliphatic rings. The van der Waals surface area contributed by atoms with Gasteiger partial charge in [0.15, 0.2) is 0 Å². The van der Waals surface area contributed by atoms with E-state index in [2.05, 4.69) is 0 Å². The Hall–Kier alpha value is -0.500. The van der Waals surface area contributed by atoms with E-state index in [1.165, 1.54) is 18.8 Å². The van der Waals surface area contributed by atoms with Crippen molar-refractivity contribution in [3.05, 3.63) is 23.2 Å². The fourth-order valence-electron chi connectivity index (χ4n) is 0.860. The highest BCUT2D eigenvalue weighted by Gasteiger charge is 2.17. The summed E-state index contributed by atoms with van der Waals surface area (Å²) in [5.41, 5.74) is 5.90. The number of rotatable bonds is 1. The van der Waals surface area contributed by atoms with Gasteiger partial charge < -0.3 is 10.6 Å². The predicted molar refractivity (Wildman–Crippen MR) is 51.2 cm³/mol. The molecule has 1 atom stereocenters. The molecule has 3 nitrogen and oxygen atoms in total. The van der Waals surface area contributed by atoms with E-state index in [1.54, 1.807) is 6.07 Å². The van der Waals surface area contributed by atoms with Crippen LogP contribution in [0, 0.1) is 0 Å². The summed E-state index contributed by atoms with van der Waals surface area (Å²) in [4.78, 5) is 9.19. The Bertz CT molecular complexity index is 347. The van der Waals surface area contributed by atoms with Gasteiger partial charge in [0.1, 0.15) is 0 Å². The number of hydrogen-bond donors (Lipinski definition) is 2. The molecule has 0 amide bonds. The van der Waals surface area contributed by atoms with Crippen LogP contribution in [0.4, 0.5) is 5.69 Å². The number of anilines is 1. The van der Waals surface area contributed by atoms with Crippen LogP contribution in [-0.2, 0) is 4.57 Å². The quantitative estimate of drug-likeness (QED) is 0.539. The lowest BCUT2D eigenvalue weighted by molar-refractivity contribution is 0.496. The van der Waals surface area contributed by atoms with Crippen molar-refractivity contribution in [1.29, 1.82) is 0 Å². The average molecular weight is 206 g/mol. The van der Waals surface area contributed by atoms with Gasteiger partial charge >= 0.3 is 0 Å². The van der Waals surface area contributed by atoms with E-state index in [1.807, 2.05) is 0 Å². The summed E-state index contributed by atoms with van der Waals surface area (Å²) in [6.45, 7) is 1.24. The molecule has 0 aromatic heterocycles. The minimum absolute atomic E-state index is 0.239. The zero-order valence-electron chi connectivity index (χ0n) is 6.49. The SMILES string of the molecule is CP(=O)(O)c1ccc(N)cc1Cl. The topological polar surface area (TPSA) is 63.3 Å². The summed E-state index contributed by atoms with van der Waals surface area (Å²) < 4.78 is 11.2. The Kier molecular flexibility index (Phi) is 2.47. The first-order valence-corrected chi connectivity index (χ1v) is 5.75. The molecule has 1 aromatic carbocycles. The number of nitrogen functional groups attached to an aromatic ring is 1. The summed E-state index contributed by atoms with van der Waals surface area (Å²) >= 11 is 5.70. The van der Waals surface area contributed by atoms with E-state index in [9.17, 15) is 9.46 Å². The van der Waals surface area contributed by atoms with Crippen molar-refractivity contribution < 1.29 is 9.46 Å². The molecule has 0 bridgehead atoms. The summed E-state index contributed by atoms with van der Waals surface area (Å²) in [6, 6.07) is 4.48. The molecule has 1 unspecified atom stereocenters. The van der Waals surface area contributed by atoms with Crippen LogP contribution in [0.25, 0.3) is 0 Å². The van der Waals surface area contributed by atoms with Gasteiger partial charge in [-0.3, -0.25) is 4.57 Å². The lowest BCUT2D eigenvalue weighted by Crippen LogP contribution is -2.05. The van der Waals surface area contributed by atoms with Crippen LogP contribution in [0.3, 0.4) is 0 Å². The van der Waals surface area contributed by atoms with Gasteiger partial charge in [0, 0.05) is 12.4 Å². The Morgan fingerprint density at radius 2 is 2.17 bits per heavy atom. The zero-order chi connectivity index (χ0) is 9.35. The van der Waals surface area contributed by atoms with Crippen molar-refractivity contribution in [3.63, 3.8) is 0 Å². The van der Waals surface area contributed by atoms with Crippen molar-refractivity contribution in [2.45, 2.75) is 0 Å². The summed E-state index contributed by atoms with van der Waals surface area (Å²) in [5, 5.41) is 0.488. The van der Waals surface area contributed by atoms with Gasteiger partial charge in [-0.05, 0) is 18.2 Å². The first kappa shape index (κ1) is 9.59. The van der Waals surface area contributed by atoms with Crippen LogP contribution < -0.4 is 11.0 Å². The van der Waals surface area contributed by atoms with Gasteiger partial charge in [-0.2, -0.15) is 0 Å². The first-order valence-electron chi connectivity index (χ1n) is 3.27. The third-order valence-electron chi connectivity index (χ3n) is 1.42. The van der Waals surface area contributed by atoms with Crippen molar-refractivity contribution >= 4 is 30.0 Å².